The highest BCUT2D eigenvalue weighted by Gasteiger charge is 2.49. The van der Waals surface area contributed by atoms with Crippen LogP contribution >= 0.6 is 11.6 Å². The van der Waals surface area contributed by atoms with Crippen molar-refractivity contribution in [3.63, 3.8) is 0 Å². The van der Waals surface area contributed by atoms with Crippen LogP contribution in [0.3, 0.4) is 0 Å². The monoisotopic (exact) mass is 523 g/mol. The third kappa shape index (κ3) is 4.88. The molecular weight excluding hydrogens is 494 g/mol. The molecule has 1 N–H and O–H groups in total. The largest absolute Gasteiger partial charge is 0.496 e. The maximum atomic E-state index is 14.3. The molecule has 0 bridgehead atoms. The number of rotatable bonds is 7. The summed E-state index contributed by atoms with van der Waals surface area (Å²) in [5, 5.41) is 3.69. The number of esters is 2. The van der Waals surface area contributed by atoms with Crippen molar-refractivity contribution in [2.24, 2.45) is 5.92 Å². The number of nitrogens with one attached hydrogen (secondary N) is 1. The minimum atomic E-state index is -1.12. The number of dihydropyridines is 1. The summed E-state index contributed by atoms with van der Waals surface area (Å²) in [6, 6.07) is 14.4. The first kappa shape index (κ1) is 26.5. The second kappa shape index (κ2) is 11.2. The van der Waals surface area contributed by atoms with Crippen LogP contribution in [0.5, 0.6) is 5.75 Å². The third-order valence-electron chi connectivity index (χ3n) is 6.81. The molecule has 0 fully saturated rings. The first-order valence-corrected chi connectivity index (χ1v) is 12.7. The van der Waals surface area contributed by atoms with E-state index in [1.54, 1.807) is 58.2 Å². The van der Waals surface area contributed by atoms with Gasteiger partial charge in [-0.2, -0.15) is 0 Å². The molecule has 0 saturated carbocycles. The van der Waals surface area contributed by atoms with Crippen LogP contribution in [0, 0.1) is 5.92 Å². The van der Waals surface area contributed by atoms with Crippen LogP contribution in [-0.4, -0.2) is 38.0 Å². The quantitative estimate of drug-likeness (QED) is 0.400. The molecule has 2 aromatic rings. The van der Waals surface area contributed by atoms with Crippen molar-refractivity contribution in [1.29, 1.82) is 0 Å². The molecule has 4 rings (SSSR count). The van der Waals surface area contributed by atoms with E-state index in [0.29, 0.717) is 45.3 Å². The van der Waals surface area contributed by atoms with Crippen LogP contribution in [0.15, 0.2) is 71.1 Å². The molecule has 7 nitrogen and oxygen atoms in total. The van der Waals surface area contributed by atoms with E-state index < -0.39 is 35.5 Å². The molecule has 194 valence electrons. The number of ether oxygens (including phenoxy) is 3. The van der Waals surface area contributed by atoms with Gasteiger partial charge in [0.25, 0.3) is 0 Å². The number of carbonyl (C=O) groups excluding carboxylic acids is 3. The van der Waals surface area contributed by atoms with Crippen LogP contribution in [0.4, 0.5) is 0 Å². The van der Waals surface area contributed by atoms with E-state index in [-0.39, 0.29) is 13.2 Å². The van der Waals surface area contributed by atoms with Gasteiger partial charge in [0.1, 0.15) is 11.7 Å². The Balaban J connectivity index is 1.94. The highest BCUT2D eigenvalue weighted by Crippen LogP contribution is 2.50. The van der Waals surface area contributed by atoms with Gasteiger partial charge in [-0.05, 0) is 50.5 Å². The molecule has 0 saturated heterocycles. The number of hydrogen-bond acceptors (Lipinski definition) is 7. The van der Waals surface area contributed by atoms with Crippen molar-refractivity contribution < 1.29 is 28.6 Å². The van der Waals surface area contributed by atoms with Gasteiger partial charge in [-0.15, -0.1) is 0 Å². The van der Waals surface area contributed by atoms with E-state index in [1.807, 2.05) is 18.2 Å². The molecule has 2 aromatic carbocycles. The van der Waals surface area contributed by atoms with Gasteiger partial charge in [0.15, 0.2) is 5.78 Å². The van der Waals surface area contributed by atoms with Crippen molar-refractivity contribution in [2.75, 3.05) is 20.3 Å². The maximum Gasteiger partial charge on any atom is 0.336 e. The van der Waals surface area contributed by atoms with Crippen LogP contribution in [0.1, 0.15) is 50.2 Å². The summed E-state index contributed by atoms with van der Waals surface area (Å²) in [6.45, 7) is 5.51. The molecule has 1 heterocycles. The summed E-state index contributed by atoms with van der Waals surface area (Å²) in [6.07, 6.45) is 0.333. The molecule has 3 atom stereocenters. The van der Waals surface area contributed by atoms with Gasteiger partial charge in [0.2, 0.25) is 0 Å². The minimum absolute atomic E-state index is 0.131. The standard InChI is InChI=1S/C29H30ClNO6/c1-5-36-28(33)23-16(3)31-21-15-19(17-11-8-10-14-22(17)35-4)25(29(34)37-6-2)27(32)26(21)24(23)18-12-7-9-13-20(18)30/h7-14,19,24-25,31H,5-6,15H2,1-4H3. The summed E-state index contributed by atoms with van der Waals surface area (Å²) in [5.41, 5.74) is 3.15. The van der Waals surface area contributed by atoms with E-state index in [4.69, 9.17) is 25.8 Å². The van der Waals surface area contributed by atoms with Crippen molar-refractivity contribution in [3.05, 3.63) is 87.2 Å². The highest BCUT2D eigenvalue weighted by atomic mass is 35.5. The zero-order valence-corrected chi connectivity index (χ0v) is 22.1. The zero-order chi connectivity index (χ0) is 26.7. The average Bonchev–Trinajstić information content (AvgIpc) is 2.88. The number of hydrogen-bond donors (Lipinski definition) is 1. The van der Waals surface area contributed by atoms with E-state index in [2.05, 4.69) is 5.32 Å². The van der Waals surface area contributed by atoms with Crippen LogP contribution < -0.4 is 10.1 Å². The van der Waals surface area contributed by atoms with E-state index in [0.717, 1.165) is 5.56 Å². The van der Waals surface area contributed by atoms with E-state index >= 15 is 0 Å². The number of ketones is 1. The molecule has 0 amide bonds. The molecule has 2 aliphatic rings. The first-order chi connectivity index (χ1) is 17.8. The summed E-state index contributed by atoms with van der Waals surface area (Å²) in [7, 11) is 1.55. The lowest BCUT2D eigenvalue weighted by Crippen LogP contribution is -2.43. The topological polar surface area (TPSA) is 90.9 Å². The number of benzene rings is 2. The Bertz CT molecular complexity index is 1300. The fourth-order valence-corrected chi connectivity index (χ4v) is 5.55. The van der Waals surface area contributed by atoms with Crippen molar-refractivity contribution in [1.82, 2.24) is 5.32 Å². The molecule has 0 aromatic heterocycles. The Morgan fingerprint density at radius 1 is 1.00 bits per heavy atom. The Morgan fingerprint density at radius 3 is 2.30 bits per heavy atom. The zero-order valence-electron chi connectivity index (χ0n) is 21.3. The molecule has 1 aliphatic heterocycles. The smallest absolute Gasteiger partial charge is 0.336 e. The van der Waals surface area contributed by atoms with Gasteiger partial charge < -0.3 is 19.5 Å². The summed E-state index contributed by atoms with van der Waals surface area (Å²) in [5.74, 6) is -3.44. The first-order valence-electron chi connectivity index (χ1n) is 12.3. The molecule has 0 spiro atoms. The lowest BCUT2D eigenvalue weighted by Gasteiger charge is -2.39. The van der Waals surface area contributed by atoms with E-state index in [1.165, 1.54) is 0 Å². The minimum Gasteiger partial charge on any atom is -0.496 e. The van der Waals surface area contributed by atoms with Gasteiger partial charge >= 0.3 is 11.9 Å². The predicted molar refractivity (Wildman–Crippen MR) is 139 cm³/mol. The number of halogens is 1. The maximum absolute atomic E-state index is 14.3. The van der Waals surface area contributed by atoms with Crippen molar-refractivity contribution >= 4 is 29.3 Å². The Hall–Kier alpha value is -3.58. The summed E-state index contributed by atoms with van der Waals surface area (Å²) < 4.78 is 16.3. The number of allylic oxidation sites excluding steroid dienone is 3. The summed E-state index contributed by atoms with van der Waals surface area (Å²) >= 11 is 6.61. The SMILES string of the molecule is CCOC(=O)C1=C(C)NC2=C(C(=O)C(C(=O)OCC)C(c3ccccc3OC)C2)C1c1ccccc1Cl. The van der Waals surface area contributed by atoms with Crippen molar-refractivity contribution in [2.45, 2.75) is 39.0 Å². The second-order valence-corrected chi connectivity index (χ2v) is 9.28. The Morgan fingerprint density at radius 2 is 1.65 bits per heavy atom. The van der Waals surface area contributed by atoms with E-state index in [9.17, 15) is 14.4 Å². The molecular formula is C29H30ClNO6. The normalized spacial score (nSPS) is 21.2. The molecule has 3 unspecified atom stereocenters. The predicted octanol–water partition coefficient (Wildman–Crippen LogP) is 5.06. The van der Waals surface area contributed by atoms with Gasteiger partial charge in [0, 0.05) is 33.8 Å². The third-order valence-corrected chi connectivity index (χ3v) is 7.15. The molecule has 1 aliphatic carbocycles. The van der Waals surface area contributed by atoms with Gasteiger partial charge in [0.05, 0.1) is 25.9 Å². The van der Waals surface area contributed by atoms with Gasteiger partial charge in [-0.25, -0.2) is 4.79 Å². The lowest BCUT2D eigenvalue weighted by atomic mass is 9.67. The number of para-hydroxylation sites is 1. The average molecular weight is 524 g/mol. The van der Waals surface area contributed by atoms with Crippen LogP contribution in [0.2, 0.25) is 5.02 Å². The van der Waals surface area contributed by atoms with Crippen molar-refractivity contribution in [3.8, 4) is 5.75 Å². The second-order valence-electron chi connectivity index (χ2n) is 8.88. The fraction of sp³-hybridized carbons (Fsp3) is 0.345. The highest BCUT2D eigenvalue weighted by molar-refractivity contribution is 6.31. The number of carbonyl (C=O) groups is 3. The molecule has 0 radical (unpaired) electrons. The number of Topliss-reactive ketones (excluding diaryl/α,β-unsaturated/α-hetero) is 1. The molecule has 8 heteroatoms. The van der Waals surface area contributed by atoms with Crippen LogP contribution in [-0.2, 0) is 23.9 Å². The van der Waals surface area contributed by atoms with Crippen LogP contribution in [0.25, 0.3) is 0 Å². The van der Waals surface area contributed by atoms with Gasteiger partial charge in [-0.3, -0.25) is 9.59 Å². The van der Waals surface area contributed by atoms with Gasteiger partial charge in [-0.1, -0.05) is 48.0 Å². The molecule has 37 heavy (non-hydrogen) atoms. The summed E-state index contributed by atoms with van der Waals surface area (Å²) in [4.78, 5) is 40.8. The Kier molecular flexibility index (Phi) is 8.03. The fourth-order valence-electron chi connectivity index (χ4n) is 5.30. The Labute approximate surface area is 221 Å². The number of methoxy groups -OCH3 is 1. The lowest BCUT2D eigenvalue weighted by molar-refractivity contribution is -0.152.